The lowest BCUT2D eigenvalue weighted by Crippen LogP contribution is -2.46. The molecule has 2 rings (SSSR count). The molecule has 0 spiro atoms. The Morgan fingerprint density at radius 3 is 2.71 bits per heavy atom. The van der Waals surface area contributed by atoms with Crippen molar-refractivity contribution in [3.63, 3.8) is 0 Å². The molecular weight excluding hydrogens is 276 g/mol. The molecule has 1 aliphatic rings. The first kappa shape index (κ1) is 15.0. The monoisotopic (exact) mass is 294 g/mol. The number of aromatic nitrogens is 2. The van der Waals surface area contributed by atoms with E-state index in [1.807, 2.05) is 0 Å². The summed E-state index contributed by atoms with van der Waals surface area (Å²) in [4.78, 5) is 36.0. The number of carbonyl (C=O) groups is 2. The Kier molecular flexibility index (Phi) is 4.91. The van der Waals surface area contributed by atoms with Crippen LogP contribution in [-0.4, -0.2) is 52.8 Å². The van der Waals surface area contributed by atoms with Gasteiger partial charge in [0.15, 0.2) is 0 Å². The van der Waals surface area contributed by atoms with Gasteiger partial charge in [-0.2, -0.15) is 5.10 Å². The van der Waals surface area contributed by atoms with Crippen molar-refractivity contribution in [1.82, 2.24) is 20.4 Å². The van der Waals surface area contributed by atoms with Gasteiger partial charge in [-0.1, -0.05) is 0 Å². The predicted molar refractivity (Wildman–Crippen MR) is 73.9 cm³/mol. The number of hydrogen-bond acceptors (Lipinski definition) is 5. The molecule has 1 saturated heterocycles. The fraction of sp³-hybridized carbons (Fsp3) is 0.538. The number of hydrogen-bond donors (Lipinski definition) is 2. The van der Waals surface area contributed by atoms with Crippen LogP contribution < -0.4 is 10.9 Å². The summed E-state index contributed by atoms with van der Waals surface area (Å²) in [5.74, 6) is -0.333. The van der Waals surface area contributed by atoms with Crippen molar-refractivity contribution in [3.8, 4) is 0 Å². The van der Waals surface area contributed by atoms with E-state index < -0.39 is 0 Å². The molecule has 8 nitrogen and oxygen atoms in total. The molecule has 1 aromatic rings. The van der Waals surface area contributed by atoms with Crippen molar-refractivity contribution in [2.24, 2.45) is 0 Å². The minimum Gasteiger partial charge on any atom is -0.450 e. The lowest BCUT2D eigenvalue weighted by molar-refractivity contribution is 0.0856. The smallest absolute Gasteiger partial charge is 0.409 e. The summed E-state index contributed by atoms with van der Waals surface area (Å²) < 4.78 is 4.93. The van der Waals surface area contributed by atoms with E-state index in [-0.39, 0.29) is 29.3 Å². The zero-order valence-corrected chi connectivity index (χ0v) is 11.8. The molecule has 0 aromatic carbocycles. The van der Waals surface area contributed by atoms with Gasteiger partial charge in [0.2, 0.25) is 0 Å². The van der Waals surface area contributed by atoms with E-state index in [4.69, 9.17) is 4.74 Å². The van der Waals surface area contributed by atoms with E-state index in [0.29, 0.717) is 32.5 Å². The summed E-state index contributed by atoms with van der Waals surface area (Å²) in [5.41, 5.74) is -0.184. The molecule has 0 bridgehead atoms. The molecule has 2 amide bonds. The molecule has 21 heavy (non-hydrogen) atoms. The highest BCUT2D eigenvalue weighted by atomic mass is 16.6. The maximum absolute atomic E-state index is 11.9. The Morgan fingerprint density at radius 2 is 2.14 bits per heavy atom. The summed E-state index contributed by atoms with van der Waals surface area (Å²) in [6, 6.07) is 2.62. The van der Waals surface area contributed by atoms with Gasteiger partial charge >= 0.3 is 6.09 Å². The van der Waals surface area contributed by atoms with Crippen molar-refractivity contribution in [1.29, 1.82) is 0 Å². The minimum absolute atomic E-state index is 0.0168. The zero-order chi connectivity index (χ0) is 15.2. The van der Waals surface area contributed by atoms with Crippen LogP contribution >= 0.6 is 0 Å². The molecule has 2 heterocycles. The molecule has 0 aliphatic carbocycles. The van der Waals surface area contributed by atoms with Crippen LogP contribution in [0.5, 0.6) is 0 Å². The Hall–Kier alpha value is -2.38. The van der Waals surface area contributed by atoms with Gasteiger partial charge in [0, 0.05) is 25.2 Å². The average Bonchev–Trinajstić information content (AvgIpc) is 2.49. The quantitative estimate of drug-likeness (QED) is 0.824. The maximum atomic E-state index is 11.9. The van der Waals surface area contributed by atoms with Crippen LogP contribution in [0.4, 0.5) is 4.79 Å². The molecule has 1 aliphatic heterocycles. The Labute approximate surface area is 121 Å². The van der Waals surface area contributed by atoms with Gasteiger partial charge in [-0.15, -0.1) is 0 Å². The SMILES string of the molecule is CCOC(=O)N1CCC(NC(=O)c2ccc(=O)[nH]n2)CC1. The predicted octanol–water partition coefficient (Wildman–Crippen LogP) is 0.121. The number of likely N-dealkylation sites (tertiary alicyclic amines) is 1. The summed E-state index contributed by atoms with van der Waals surface area (Å²) in [7, 11) is 0. The van der Waals surface area contributed by atoms with E-state index in [0.717, 1.165) is 0 Å². The Balaban J connectivity index is 1.83. The Bertz CT molecular complexity index is 543. The fourth-order valence-corrected chi connectivity index (χ4v) is 2.15. The molecule has 114 valence electrons. The largest absolute Gasteiger partial charge is 0.450 e. The van der Waals surface area contributed by atoms with Crippen molar-refractivity contribution < 1.29 is 14.3 Å². The number of nitrogens with one attached hydrogen (secondary N) is 2. The average molecular weight is 294 g/mol. The van der Waals surface area contributed by atoms with Crippen LogP contribution in [0.3, 0.4) is 0 Å². The van der Waals surface area contributed by atoms with E-state index in [9.17, 15) is 14.4 Å². The third-order valence-electron chi connectivity index (χ3n) is 3.27. The van der Waals surface area contributed by atoms with E-state index >= 15 is 0 Å². The maximum Gasteiger partial charge on any atom is 0.409 e. The number of piperidine rings is 1. The van der Waals surface area contributed by atoms with Crippen LogP contribution in [0.2, 0.25) is 0 Å². The lowest BCUT2D eigenvalue weighted by atomic mass is 10.1. The molecule has 0 radical (unpaired) electrons. The van der Waals surface area contributed by atoms with Crippen LogP contribution in [-0.2, 0) is 4.74 Å². The van der Waals surface area contributed by atoms with Gasteiger partial charge in [-0.3, -0.25) is 9.59 Å². The van der Waals surface area contributed by atoms with Crippen LogP contribution in [0.15, 0.2) is 16.9 Å². The van der Waals surface area contributed by atoms with Crippen molar-refractivity contribution in [2.45, 2.75) is 25.8 Å². The number of rotatable bonds is 3. The second-order valence-electron chi connectivity index (χ2n) is 4.74. The molecule has 8 heteroatoms. The second-order valence-corrected chi connectivity index (χ2v) is 4.74. The van der Waals surface area contributed by atoms with Crippen LogP contribution in [0.1, 0.15) is 30.3 Å². The first-order valence-corrected chi connectivity index (χ1v) is 6.88. The Morgan fingerprint density at radius 1 is 1.43 bits per heavy atom. The van der Waals surface area contributed by atoms with Gasteiger partial charge in [0.05, 0.1) is 6.61 Å². The van der Waals surface area contributed by atoms with Crippen LogP contribution in [0.25, 0.3) is 0 Å². The normalized spacial score (nSPS) is 15.6. The molecule has 1 aromatic heterocycles. The van der Waals surface area contributed by atoms with Gasteiger partial charge in [-0.25, -0.2) is 9.89 Å². The molecule has 0 unspecified atom stereocenters. The second kappa shape index (κ2) is 6.87. The minimum atomic E-state index is -0.353. The highest BCUT2D eigenvalue weighted by Crippen LogP contribution is 2.12. The van der Waals surface area contributed by atoms with Gasteiger partial charge in [0.25, 0.3) is 11.5 Å². The number of carbonyl (C=O) groups excluding carboxylic acids is 2. The molecule has 0 atom stereocenters. The third-order valence-corrected chi connectivity index (χ3v) is 3.27. The zero-order valence-electron chi connectivity index (χ0n) is 11.8. The fourth-order valence-electron chi connectivity index (χ4n) is 2.15. The highest BCUT2D eigenvalue weighted by Gasteiger charge is 2.25. The summed E-state index contributed by atoms with van der Waals surface area (Å²) in [6.07, 6.45) is 1.01. The molecule has 2 N–H and O–H groups in total. The van der Waals surface area contributed by atoms with E-state index in [1.165, 1.54) is 12.1 Å². The first-order chi connectivity index (χ1) is 10.1. The third kappa shape index (κ3) is 4.04. The number of aromatic amines is 1. The van der Waals surface area contributed by atoms with Gasteiger partial charge < -0.3 is 15.0 Å². The van der Waals surface area contributed by atoms with Crippen molar-refractivity contribution >= 4 is 12.0 Å². The van der Waals surface area contributed by atoms with Gasteiger partial charge in [0.1, 0.15) is 5.69 Å². The standard InChI is InChI=1S/C13H18N4O4/c1-2-21-13(20)17-7-5-9(6-8-17)14-12(19)10-3-4-11(18)16-15-10/h3-4,9H,2,5-8H2,1H3,(H,14,19)(H,16,18). The molecular formula is C13H18N4O4. The summed E-state index contributed by atoms with van der Waals surface area (Å²) in [6.45, 7) is 3.21. The number of amides is 2. The lowest BCUT2D eigenvalue weighted by Gasteiger charge is -2.31. The van der Waals surface area contributed by atoms with E-state index in [2.05, 4.69) is 15.5 Å². The van der Waals surface area contributed by atoms with Crippen molar-refractivity contribution in [3.05, 3.63) is 28.2 Å². The van der Waals surface area contributed by atoms with Crippen LogP contribution in [0, 0.1) is 0 Å². The molecule has 0 saturated carbocycles. The first-order valence-electron chi connectivity index (χ1n) is 6.88. The number of H-pyrrole nitrogens is 1. The molecule has 1 fully saturated rings. The van der Waals surface area contributed by atoms with E-state index in [1.54, 1.807) is 11.8 Å². The highest BCUT2D eigenvalue weighted by molar-refractivity contribution is 5.92. The number of nitrogens with zero attached hydrogens (tertiary/aromatic N) is 2. The summed E-state index contributed by atoms with van der Waals surface area (Å²) in [5, 5.41) is 8.74. The topological polar surface area (TPSA) is 104 Å². The number of ether oxygens (including phenoxy) is 1. The van der Waals surface area contributed by atoms with Gasteiger partial charge in [-0.05, 0) is 25.8 Å². The van der Waals surface area contributed by atoms with Crippen molar-refractivity contribution in [2.75, 3.05) is 19.7 Å². The summed E-state index contributed by atoms with van der Waals surface area (Å²) >= 11 is 0.